The highest BCUT2D eigenvalue weighted by atomic mass is 16.3. The number of furan rings is 2. The third-order valence-electron chi connectivity index (χ3n) is 16.0. The maximum absolute atomic E-state index is 6.93. The van der Waals surface area contributed by atoms with Crippen LogP contribution < -0.4 is 10.2 Å². The smallest absolute Gasteiger partial charge is 0.185 e. The summed E-state index contributed by atoms with van der Waals surface area (Å²) in [6.45, 7) is 0. The van der Waals surface area contributed by atoms with E-state index < -0.39 is 0 Å². The van der Waals surface area contributed by atoms with E-state index in [1.165, 1.54) is 54.6 Å². The molecule has 2 heterocycles. The van der Waals surface area contributed by atoms with Gasteiger partial charge >= 0.3 is 0 Å². The van der Waals surface area contributed by atoms with Crippen LogP contribution in [0.3, 0.4) is 0 Å². The van der Waals surface area contributed by atoms with E-state index in [-0.39, 0.29) is 0 Å². The van der Waals surface area contributed by atoms with E-state index in [2.05, 4.69) is 301 Å². The first kappa shape index (κ1) is 49.0. The summed E-state index contributed by atoms with van der Waals surface area (Å²) in [5.41, 5.74) is 18.2. The van der Waals surface area contributed by atoms with Gasteiger partial charge in [-0.1, -0.05) is 255 Å². The van der Waals surface area contributed by atoms with Gasteiger partial charge in [-0.25, -0.2) is 0 Å². The van der Waals surface area contributed by atoms with Crippen LogP contribution in [-0.4, -0.2) is 0 Å². The number of para-hydroxylation sites is 5. The normalized spacial score (nSPS) is 11.8. The van der Waals surface area contributed by atoms with Gasteiger partial charge in [-0.2, -0.15) is 0 Å². The molecule has 1 aliphatic carbocycles. The second kappa shape index (κ2) is 21.2. The number of rotatable bonds is 9. The van der Waals surface area contributed by atoms with Crippen molar-refractivity contribution in [3.8, 4) is 56.3 Å². The summed E-state index contributed by atoms with van der Waals surface area (Å²) in [5, 5.41) is 14.5. The molecule has 0 atom stereocenters. The van der Waals surface area contributed by atoms with Crippen LogP contribution in [0.15, 0.2) is 300 Å². The zero-order valence-corrected chi connectivity index (χ0v) is 45.3. The molecule has 0 spiro atoms. The number of nitrogens with zero attached hydrogens (tertiary/aromatic N) is 1. The molecule has 0 unspecified atom stereocenters. The minimum Gasteiger partial charge on any atom is -0.453 e. The third-order valence-corrected chi connectivity index (χ3v) is 16.0. The van der Waals surface area contributed by atoms with Crippen LogP contribution in [0.25, 0.3) is 116 Å². The second-order valence-corrected chi connectivity index (χ2v) is 20.9. The average molecular weight is 1060 g/mol. The summed E-state index contributed by atoms with van der Waals surface area (Å²) < 4.78 is 13.0. The van der Waals surface area contributed by atoms with Gasteiger partial charge in [0.25, 0.3) is 0 Å². The molecule has 0 saturated heterocycles. The number of fused-ring (bicyclic) bond motifs is 11. The van der Waals surface area contributed by atoms with Crippen LogP contribution in [0.1, 0.15) is 17.7 Å². The summed E-state index contributed by atoms with van der Waals surface area (Å²) in [4.78, 5) is 2.31. The van der Waals surface area contributed by atoms with Crippen LogP contribution in [0.4, 0.5) is 28.4 Å². The SMILES string of the molecule is C1#Cc2oc3c(-c4ccccc4)cccc3c2C=CC1.c1ccc(-c2ccccc2Nc2cc3cc(-c4ccc(N(c5ccccc5)c5cccc6c5oc5c(-c7ccccc7)cccc56)cc4)c4ccccc4c3c3ccccc23)cc1. The Morgan fingerprint density at radius 2 is 0.843 bits per heavy atom. The molecule has 0 aliphatic heterocycles. The Bertz CT molecular complexity index is 5010. The highest BCUT2D eigenvalue weighted by molar-refractivity contribution is 6.26. The lowest BCUT2D eigenvalue weighted by Gasteiger charge is -2.25. The van der Waals surface area contributed by atoms with Gasteiger partial charge in [0.15, 0.2) is 11.3 Å². The number of hydrogen-bond donors (Lipinski definition) is 1. The van der Waals surface area contributed by atoms with Crippen molar-refractivity contribution in [2.24, 2.45) is 0 Å². The molecule has 15 aromatic rings. The van der Waals surface area contributed by atoms with E-state index in [1.807, 2.05) is 18.2 Å². The maximum Gasteiger partial charge on any atom is 0.185 e. The van der Waals surface area contributed by atoms with Crippen molar-refractivity contribution in [2.75, 3.05) is 10.2 Å². The number of benzene rings is 13. The Kier molecular flexibility index (Phi) is 12.5. The molecule has 83 heavy (non-hydrogen) atoms. The Labute approximate surface area is 481 Å². The fourth-order valence-electron chi connectivity index (χ4n) is 12.2. The minimum absolute atomic E-state index is 0.775. The van der Waals surface area contributed by atoms with Crippen LogP contribution in [0.5, 0.6) is 0 Å². The lowest BCUT2D eigenvalue weighted by atomic mass is 9.90. The lowest BCUT2D eigenvalue weighted by molar-refractivity contribution is 0.601. The fourth-order valence-corrected chi connectivity index (χ4v) is 12.2. The molecule has 0 bridgehead atoms. The molecule has 0 saturated carbocycles. The summed E-state index contributed by atoms with van der Waals surface area (Å²) >= 11 is 0. The topological polar surface area (TPSA) is 41.6 Å². The summed E-state index contributed by atoms with van der Waals surface area (Å²) in [6, 6.07) is 101. The molecule has 0 fully saturated rings. The lowest BCUT2D eigenvalue weighted by Crippen LogP contribution is -2.10. The molecule has 1 N–H and O–H groups in total. The van der Waals surface area contributed by atoms with Gasteiger partial charge in [-0.3, -0.25) is 0 Å². The Morgan fingerprint density at radius 3 is 1.53 bits per heavy atom. The Morgan fingerprint density at radius 1 is 0.349 bits per heavy atom. The zero-order valence-electron chi connectivity index (χ0n) is 45.3. The summed E-state index contributed by atoms with van der Waals surface area (Å²) in [5.74, 6) is 6.98. The van der Waals surface area contributed by atoms with Crippen LogP contribution in [-0.2, 0) is 0 Å². The first-order valence-corrected chi connectivity index (χ1v) is 28.2. The van der Waals surface area contributed by atoms with E-state index >= 15 is 0 Å². The standard InChI is InChI=1S/C60H40N2O.C19H12O/c1-4-18-40(19-5-1)46-24-14-15-32-55(46)61-56-39-43-38-54(48-25-10-12-27-50(48)58(43)51-28-13-11-26-49(51)56)42-34-36-45(37-35-42)62(44-22-8-3-9-23-44)57-33-17-31-53-52-30-16-29-47(59(52)63-60(53)57)41-20-6-2-7-21-41;1-3-8-14(9-4-1)15-11-7-12-17-16-10-5-2-6-13-18(16)20-19(15)17/h1-39,61H;1,3-5,7-12H,2H2. The number of allylic oxidation sites excluding steroid dienone is 1. The van der Waals surface area contributed by atoms with Crippen molar-refractivity contribution in [1.29, 1.82) is 0 Å². The van der Waals surface area contributed by atoms with Crippen LogP contribution >= 0.6 is 0 Å². The van der Waals surface area contributed by atoms with E-state index in [4.69, 9.17) is 8.83 Å². The van der Waals surface area contributed by atoms with Crippen molar-refractivity contribution < 1.29 is 8.83 Å². The predicted molar refractivity (Wildman–Crippen MR) is 349 cm³/mol. The highest BCUT2D eigenvalue weighted by Gasteiger charge is 2.22. The summed E-state index contributed by atoms with van der Waals surface area (Å²) in [6.07, 6.45) is 4.97. The monoisotopic (exact) mass is 1060 g/mol. The van der Waals surface area contributed by atoms with E-state index in [0.717, 1.165) is 101 Å². The molecule has 2 aromatic heterocycles. The van der Waals surface area contributed by atoms with Gasteiger partial charge in [-0.05, 0) is 109 Å². The van der Waals surface area contributed by atoms with Gasteiger partial charge in [0.1, 0.15) is 11.2 Å². The third kappa shape index (κ3) is 8.95. The molecule has 0 radical (unpaired) electrons. The molecule has 4 nitrogen and oxygen atoms in total. The van der Waals surface area contributed by atoms with Gasteiger partial charge in [-0.15, -0.1) is 0 Å². The van der Waals surface area contributed by atoms with E-state index in [9.17, 15) is 0 Å². The molecule has 16 rings (SSSR count). The van der Waals surface area contributed by atoms with Crippen molar-refractivity contribution >= 4 is 99.7 Å². The van der Waals surface area contributed by atoms with Crippen molar-refractivity contribution in [2.45, 2.75) is 6.42 Å². The molecular formula is C79H52N2O2. The van der Waals surface area contributed by atoms with E-state index in [1.54, 1.807) is 0 Å². The largest absolute Gasteiger partial charge is 0.453 e. The van der Waals surface area contributed by atoms with Gasteiger partial charge in [0.05, 0.1) is 5.69 Å². The maximum atomic E-state index is 6.93. The Balaban J connectivity index is 0.000000246. The van der Waals surface area contributed by atoms with Gasteiger partial charge in [0.2, 0.25) is 0 Å². The van der Waals surface area contributed by atoms with Crippen LogP contribution in [0.2, 0.25) is 0 Å². The van der Waals surface area contributed by atoms with Crippen LogP contribution in [0, 0.1) is 11.8 Å². The second-order valence-electron chi connectivity index (χ2n) is 20.9. The highest BCUT2D eigenvalue weighted by Crippen LogP contribution is 2.47. The first-order valence-electron chi connectivity index (χ1n) is 28.2. The Hall–Kier alpha value is -11.1. The van der Waals surface area contributed by atoms with Gasteiger partial charge < -0.3 is 19.1 Å². The van der Waals surface area contributed by atoms with Crippen molar-refractivity contribution in [3.63, 3.8) is 0 Å². The predicted octanol–water partition coefficient (Wildman–Crippen LogP) is 22.1. The minimum atomic E-state index is 0.775. The van der Waals surface area contributed by atoms with E-state index in [0.29, 0.717) is 0 Å². The number of nitrogens with one attached hydrogen (secondary N) is 1. The van der Waals surface area contributed by atoms with Gasteiger partial charge in [0, 0.05) is 73.0 Å². The molecular weight excluding hydrogens is 1010 g/mol. The first-order chi connectivity index (χ1) is 41.2. The zero-order chi connectivity index (χ0) is 55.1. The molecule has 1 aliphatic rings. The number of anilines is 5. The average Bonchev–Trinajstić information content (AvgIpc) is 3.70. The van der Waals surface area contributed by atoms with Crippen molar-refractivity contribution in [1.82, 2.24) is 0 Å². The van der Waals surface area contributed by atoms with Crippen molar-refractivity contribution in [3.05, 3.63) is 303 Å². The quantitative estimate of drug-likeness (QED) is 0.116. The molecule has 0 amide bonds. The molecule has 13 aromatic carbocycles. The number of hydrogen-bond acceptors (Lipinski definition) is 4. The molecule has 4 heteroatoms. The molecule has 390 valence electrons. The fraction of sp³-hybridized carbons (Fsp3) is 0.0127. The summed E-state index contributed by atoms with van der Waals surface area (Å²) in [7, 11) is 0.